The van der Waals surface area contributed by atoms with Crippen molar-refractivity contribution >= 4 is 27.5 Å². The van der Waals surface area contributed by atoms with Crippen LogP contribution in [0, 0.1) is 0 Å². The minimum atomic E-state index is -5.03. The van der Waals surface area contributed by atoms with Crippen molar-refractivity contribution in [2.24, 2.45) is 0 Å². The normalized spacial score (nSPS) is 14.2. The van der Waals surface area contributed by atoms with Gasteiger partial charge in [0.05, 0.1) is 27.3 Å². The van der Waals surface area contributed by atoms with Gasteiger partial charge < -0.3 is 5.73 Å². The Morgan fingerprint density at radius 2 is 1.70 bits per heavy atom. The molecule has 0 aliphatic carbocycles. The third kappa shape index (κ3) is 2.97. The number of fused-ring (bicyclic) bond motifs is 1. The summed E-state index contributed by atoms with van der Waals surface area (Å²) in [6.45, 7) is 0. The first-order chi connectivity index (χ1) is 12.3. The van der Waals surface area contributed by atoms with Gasteiger partial charge in [0.1, 0.15) is 5.82 Å². The van der Waals surface area contributed by atoms with E-state index in [0.29, 0.717) is 16.7 Å². The Bertz CT molecular complexity index is 1180. The van der Waals surface area contributed by atoms with E-state index in [1.165, 1.54) is 0 Å². The van der Waals surface area contributed by atoms with Gasteiger partial charge in [0.2, 0.25) is 0 Å². The van der Waals surface area contributed by atoms with Crippen LogP contribution in [0.15, 0.2) is 34.0 Å². The summed E-state index contributed by atoms with van der Waals surface area (Å²) in [7, 11) is -3.96. The van der Waals surface area contributed by atoms with Gasteiger partial charge in [-0.05, 0) is 18.2 Å². The van der Waals surface area contributed by atoms with Crippen molar-refractivity contribution in [2.45, 2.75) is 11.1 Å². The van der Waals surface area contributed by atoms with E-state index in [1.54, 1.807) is 0 Å². The summed E-state index contributed by atoms with van der Waals surface area (Å²) in [5.74, 6) is -2.52. The number of nitrogens with one attached hydrogen (secondary N) is 1. The van der Waals surface area contributed by atoms with Crippen LogP contribution in [0.1, 0.15) is 26.3 Å². The lowest BCUT2D eigenvalue weighted by Gasteiger charge is -2.18. The van der Waals surface area contributed by atoms with E-state index in [-0.39, 0.29) is 5.56 Å². The van der Waals surface area contributed by atoms with Gasteiger partial charge in [-0.1, -0.05) is 0 Å². The highest BCUT2D eigenvalue weighted by Crippen LogP contribution is 2.36. The smallest absolute Gasteiger partial charge is 0.384 e. The summed E-state index contributed by atoms with van der Waals surface area (Å²) in [4.78, 5) is 35.2. The fraction of sp³-hybridized carbons (Fsp3) is 0.133. The van der Waals surface area contributed by atoms with Gasteiger partial charge in [-0.25, -0.2) is 8.42 Å². The second-order valence-electron chi connectivity index (χ2n) is 5.72. The molecule has 142 valence electrons. The van der Waals surface area contributed by atoms with E-state index < -0.39 is 60.9 Å². The van der Waals surface area contributed by atoms with E-state index in [0.717, 1.165) is 18.4 Å². The maximum Gasteiger partial charge on any atom is 0.418 e. The number of carbonyl (C=O) groups is 2. The van der Waals surface area contributed by atoms with Crippen LogP contribution < -0.4 is 16.6 Å². The van der Waals surface area contributed by atoms with Gasteiger partial charge in [0.25, 0.3) is 17.4 Å². The van der Waals surface area contributed by atoms with Crippen LogP contribution in [0.2, 0.25) is 0 Å². The molecule has 0 spiro atoms. The molecule has 1 aromatic heterocycles. The lowest BCUT2D eigenvalue weighted by molar-refractivity contribution is -0.137. The lowest BCUT2D eigenvalue weighted by Crippen LogP contribution is -2.26. The summed E-state index contributed by atoms with van der Waals surface area (Å²) in [6.07, 6.45) is -4.30. The summed E-state index contributed by atoms with van der Waals surface area (Å²) in [6, 6.07) is 2.70. The summed E-state index contributed by atoms with van der Waals surface area (Å²) >= 11 is 0. The number of carbonyl (C=O) groups excluding carboxylic acids is 2. The molecule has 1 aliphatic heterocycles. The van der Waals surface area contributed by atoms with Crippen molar-refractivity contribution < 1.29 is 31.2 Å². The fourth-order valence-electron chi connectivity index (χ4n) is 2.70. The molecule has 3 rings (SSSR count). The molecule has 2 amide bonds. The Kier molecular flexibility index (Phi) is 3.92. The van der Waals surface area contributed by atoms with Gasteiger partial charge >= 0.3 is 6.18 Å². The number of hydrogen-bond acceptors (Lipinski definition) is 6. The molecule has 1 aromatic carbocycles. The Hall–Kier alpha value is -3.15. The van der Waals surface area contributed by atoms with Crippen molar-refractivity contribution in [3.8, 4) is 5.69 Å². The number of nitrogens with zero attached hydrogens (tertiary/aromatic N) is 1. The molecule has 0 saturated carbocycles. The number of aromatic nitrogens is 1. The van der Waals surface area contributed by atoms with Crippen LogP contribution >= 0.6 is 0 Å². The minimum absolute atomic E-state index is 0.347. The van der Waals surface area contributed by atoms with Crippen molar-refractivity contribution in [3.63, 3.8) is 0 Å². The number of alkyl halides is 3. The van der Waals surface area contributed by atoms with Crippen LogP contribution in [0.5, 0.6) is 0 Å². The topological polar surface area (TPSA) is 128 Å². The molecular formula is C15H10F3N3O5S. The molecule has 0 saturated heterocycles. The van der Waals surface area contributed by atoms with Crippen molar-refractivity contribution in [1.82, 2.24) is 9.88 Å². The quantitative estimate of drug-likeness (QED) is 0.714. The second kappa shape index (κ2) is 5.67. The molecule has 0 atom stereocenters. The Morgan fingerprint density at radius 3 is 2.26 bits per heavy atom. The molecule has 3 N–H and O–H groups in total. The third-order valence-corrected chi connectivity index (χ3v) is 5.01. The number of anilines is 1. The molecule has 0 unspecified atom stereocenters. The average molecular weight is 401 g/mol. The van der Waals surface area contributed by atoms with E-state index in [9.17, 15) is 36.0 Å². The van der Waals surface area contributed by atoms with Crippen LogP contribution in [-0.4, -0.2) is 31.1 Å². The zero-order valence-electron chi connectivity index (χ0n) is 13.4. The molecule has 2 heterocycles. The zero-order chi connectivity index (χ0) is 20.3. The largest absolute Gasteiger partial charge is 0.418 e. The van der Waals surface area contributed by atoms with Gasteiger partial charge in [-0.15, -0.1) is 0 Å². The molecule has 2 aromatic rings. The fourth-order valence-corrected chi connectivity index (χ4v) is 3.34. The van der Waals surface area contributed by atoms with Gasteiger partial charge in [0, 0.05) is 12.3 Å². The van der Waals surface area contributed by atoms with Gasteiger partial charge in [-0.3, -0.25) is 24.3 Å². The number of pyridine rings is 1. The molecule has 1 aliphatic rings. The highest BCUT2D eigenvalue weighted by Gasteiger charge is 2.37. The predicted molar refractivity (Wildman–Crippen MR) is 86.4 cm³/mol. The zero-order valence-corrected chi connectivity index (χ0v) is 14.2. The Balaban J connectivity index is 2.40. The molecule has 0 fully saturated rings. The molecule has 0 bridgehead atoms. The number of rotatable bonds is 2. The average Bonchev–Trinajstić information content (AvgIpc) is 2.79. The number of nitrogen functional groups attached to an aromatic ring is 1. The lowest BCUT2D eigenvalue weighted by atomic mass is 10.1. The van der Waals surface area contributed by atoms with E-state index in [2.05, 4.69) is 0 Å². The van der Waals surface area contributed by atoms with E-state index >= 15 is 0 Å². The van der Waals surface area contributed by atoms with Gasteiger partial charge in [-0.2, -0.15) is 13.2 Å². The monoisotopic (exact) mass is 401 g/mol. The molecule has 27 heavy (non-hydrogen) atoms. The van der Waals surface area contributed by atoms with Crippen LogP contribution in [0.3, 0.4) is 0 Å². The maximum absolute atomic E-state index is 13.5. The highest BCUT2D eigenvalue weighted by atomic mass is 32.2. The van der Waals surface area contributed by atoms with Gasteiger partial charge in [0.15, 0.2) is 9.84 Å². The number of nitrogens with two attached hydrogens (primary N) is 1. The highest BCUT2D eigenvalue weighted by molar-refractivity contribution is 7.90. The SMILES string of the molecule is CS(=O)(=O)c1ccc(-n2c(N)c3c(cc2=O)C(=O)NC3=O)c(C(F)(F)F)c1. The summed E-state index contributed by atoms with van der Waals surface area (Å²) < 4.78 is 64.0. The molecule has 12 heteroatoms. The molecule has 8 nitrogen and oxygen atoms in total. The molecule has 0 radical (unpaired) electrons. The summed E-state index contributed by atoms with van der Waals surface area (Å²) in [5, 5.41) is 1.89. The number of benzene rings is 1. The predicted octanol–water partition coefficient (Wildman–Crippen LogP) is 0.726. The van der Waals surface area contributed by atoms with Crippen molar-refractivity contribution in [2.75, 3.05) is 12.0 Å². The second-order valence-corrected chi connectivity index (χ2v) is 7.74. The maximum atomic E-state index is 13.5. The number of amides is 2. The molecular weight excluding hydrogens is 391 g/mol. The Labute approximate surface area is 149 Å². The number of sulfone groups is 1. The number of hydrogen-bond donors (Lipinski definition) is 2. The van der Waals surface area contributed by atoms with Crippen molar-refractivity contribution in [1.29, 1.82) is 0 Å². The first-order valence-electron chi connectivity index (χ1n) is 7.15. The first-order valence-corrected chi connectivity index (χ1v) is 9.04. The summed E-state index contributed by atoms with van der Waals surface area (Å²) in [5.41, 5.74) is 1.64. The third-order valence-electron chi connectivity index (χ3n) is 3.90. The number of halogens is 3. The van der Waals surface area contributed by atoms with Crippen molar-refractivity contribution in [3.05, 3.63) is 51.3 Å². The number of imide groups is 1. The standard InChI is InChI=1S/C15H10F3N3O5S/c1-27(25,26)6-2-3-9(8(4-6)15(16,17)18)21-10(22)5-7-11(12(21)19)14(24)20-13(7)23/h2-5H,19H2,1H3,(H,20,23,24). The van der Waals surface area contributed by atoms with Crippen LogP contribution in [0.25, 0.3) is 5.69 Å². The van der Waals surface area contributed by atoms with E-state index in [1.807, 2.05) is 5.32 Å². The van der Waals surface area contributed by atoms with E-state index in [4.69, 9.17) is 5.73 Å². The van der Waals surface area contributed by atoms with Crippen LogP contribution in [0.4, 0.5) is 19.0 Å². The van der Waals surface area contributed by atoms with Crippen LogP contribution in [-0.2, 0) is 16.0 Å². The minimum Gasteiger partial charge on any atom is -0.384 e. The first kappa shape index (κ1) is 18.6. The Morgan fingerprint density at radius 1 is 1.07 bits per heavy atom.